The Hall–Kier alpha value is -2.37. The van der Waals surface area contributed by atoms with Gasteiger partial charge >= 0.3 is 0 Å². The molecule has 6 heteroatoms. The second-order valence-corrected chi connectivity index (χ2v) is 8.26. The summed E-state index contributed by atoms with van der Waals surface area (Å²) in [5, 5.41) is 0. The lowest BCUT2D eigenvalue weighted by atomic mass is 10.2. The lowest BCUT2D eigenvalue weighted by molar-refractivity contribution is 0.0782. The van der Waals surface area contributed by atoms with Crippen LogP contribution in [0, 0.1) is 5.92 Å². The fourth-order valence-corrected chi connectivity index (χ4v) is 3.82. The van der Waals surface area contributed by atoms with E-state index in [2.05, 4.69) is 32.6 Å². The first kappa shape index (κ1) is 19.0. The van der Waals surface area contributed by atoms with Crippen molar-refractivity contribution in [3.8, 4) is 11.1 Å². The van der Waals surface area contributed by atoms with Crippen LogP contribution in [-0.4, -0.2) is 52.0 Å². The van der Waals surface area contributed by atoms with E-state index in [9.17, 15) is 4.79 Å². The van der Waals surface area contributed by atoms with Crippen LogP contribution in [0.5, 0.6) is 0 Å². The van der Waals surface area contributed by atoms with Crippen molar-refractivity contribution < 1.29 is 4.79 Å². The third kappa shape index (κ3) is 4.21. The van der Waals surface area contributed by atoms with Crippen LogP contribution in [0.4, 0.5) is 5.95 Å². The van der Waals surface area contributed by atoms with E-state index in [1.54, 1.807) is 0 Å². The van der Waals surface area contributed by atoms with Gasteiger partial charge in [0.1, 0.15) is 5.69 Å². The van der Waals surface area contributed by atoms with Crippen LogP contribution in [0.1, 0.15) is 55.9 Å². The first-order chi connectivity index (χ1) is 13.7. The van der Waals surface area contributed by atoms with Crippen molar-refractivity contribution in [2.24, 2.45) is 5.92 Å². The van der Waals surface area contributed by atoms with Gasteiger partial charge in [0.05, 0.1) is 0 Å². The van der Waals surface area contributed by atoms with Gasteiger partial charge in [0.25, 0.3) is 5.91 Å². The van der Waals surface area contributed by atoms with Crippen molar-refractivity contribution in [2.45, 2.75) is 52.0 Å². The summed E-state index contributed by atoms with van der Waals surface area (Å²) in [6, 6.07) is 2.02. The molecule has 0 aromatic carbocycles. The van der Waals surface area contributed by atoms with E-state index in [0.717, 1.165) is 61.8 Å². The average molecular weight is 382 g/mol. The number of carbonyl (C=O) groups excluding carboxylic acids is 1. The van der Waals surface area contributed by atoms with Gasteiger partial charge in [0.15, 0.2) is 0 Å². The van der Waals surface area contributed by atoms with Gasteiger partial charge < -0.3 is 14.4 Å². The van der Waals surface area contributed by atoms with Gasteiger partial charge in [-0.2, -0.15) is 0 Å². The normalized spacial score (nSPS) is 16.6. The summed E-state index contributed by atoms with van der Waals surface area (Å²) in [5.74, 6) is 1.63. The van der Waals surface area contributed by atoms with E-state index in [4.69, 9.17) is 0 Å². The third-order valence-electron chi connectivity index (χ3n) is 5.82. The zero-order valence-electron chi connectivity index (χ0n) is 17.1. The Balaban J connectivity index is 1.56. The minimum absolute atomic E-state index is 0.106. The van der Waals surface area contributed by atoms with E-state index in [1.165, 1.54) is 25.7 Å². The van der Waals surface area contributed by atoms with Crippen LogP contribution in [0.25, 0.3) is 11.1 Å². The standard InChI is InChI=1S/C22H31N5O/c1-3-4-9-25(2)21(28)20-12-18(16-27(20)15-17-7-8-17)19-13-23-22(24-14-19)26-10-5-6-11-26/h12-14,16-17H,3-11,15H2,1-2H3. The lowest BCUT2D eigenvalue weighted by Gasteiger charge is -2.18. The summed E-state index contributed by atoms with van der Waals surface area (Å²) >= 11 is 0. The Morgan fingerprint density at radius 3 is 2.54 bits per heavy atom. The van der Waals surface area contributed by atoms with Gasteiger partial charge in [-0.15, -0.1) is 0 Å². The molecule has 0 unspecified atom stereocenters. The van der Waals surface area contributed by atoms with E-state index >= 15 is 0 Å². The molecule has 0 atom stereocenters. The maximum Gasteiger partial charge on any atom is 0.270 e. The van der Waals surface area contributed by atoms with Crippen molar-refractivity contribution >= 4 is 11.9 Å². The molecular formula is C22H31N5O. The van der Waals surface area contributed by atoms with E-state index in [0.29, 0.717) is 5.92 Å². The monoisotopic (exact) mass is 381 g/mol. The fourth-order valence-electron chi connectivity index (χ4n) is 3.82. The summed E-state index contributed by atoms with van der Waals surface area (Å²) in [4.78, 5) is 26.3. The molecule has 1 saturated heterocycles. The number of aromatic nitrogens is 3. The van der Waals surface area contributed by atoms with Gasteiger partial charge in [-0.1, -0.05) is 13.3 Å². The maximum absolute atomic E-state index is 13.0. The Morgan fingerprint density at radius 2 is 1.89 bits per heavy atom. The van der Waals surface area contributed by atoms with Gasteiger partial charge in [-0.3, -0.25) is 4.79 Å². The number of anilines is 1. The molecule has 2 fully saturated rings. The molecule has 1 aliphatic carbocycles. The highest BCUT2D eigenvalue weighted by molar-refractivity contribution is 5.94. The van der Waals surface area contributed by atoms with Crippen LogP contribution in [0.15, 0.2) is 24.7 Å². The second-order valence-electron chi connectivity index (χ2n) is 8.26. The zero-order valence-corrected chi connectivity index (χ0v) is 17.1. The molecule has 28 heavy (non-hydrogen) atoms. The van der Waals surface area contributed by atoms with Crippen molar-refractivity contribution in [2.75, 3.05) is 31.6 Å². The molecule has 0 N–H and O–H groups in total. The van der Waals surface area contributed by atoms with Gasteiger partial charge in [-0.25, -0.2) is 9.97 Å². The van der Waals surface area contributed by atoms with Crippen LogP contribution >= 0.6 is 0 Å². The van der Waals surface area contributed by atoms with Gasteiger partial charge in [0, 0.05) is 62.9 Å². The van der Waals surface area contributed by atoms with E-state index < -0.39 is 0 Å². The first-order valence-corrected chi connectivity index (χ1v) is 10.7. The predicted octanol–water partition coefficient (Wildman–Crippen LogP) is 3.83. The number of amides is 1. The van der Waals surface area contributed by atoms with Crippen LogP contribution in [-0.2, 0) is 6.54 Å². The third-order valence-corrected chi connectivity index (χ3v) is 5.82. The largest absolute Gasteiger partial charge is 0.343 e. The molecule has 1 amide bonds. The van der Waals surface area contributed by atoms with Crippen LogP contribution in [0.3, 0.4) is 0 Å². The van der Waals surface area contributed by atoms with E-state index in [1.807, 2.05) is 30.4 Å². The van der Waals surface area contributed by atoms with Crippen molar-refractivity contribution in [3.05, 3.63) is 30.4 Å². The van der Waals surface area contributed by atoms with Crippen molar-refractivity contribution in [1.29, 1.82) is 0 Å². The van der Waals surface area contributed by atoms with Gasteiger partial charge in [-0.05, 0) is 44.1 Å². The molecule has 2 aromatic heterocycles. The SMILES string of the molecule is CCCCN(C)C(=O)c1cc(-c2cnc(N3CCCC3)nc2)cn1CC1CC1. The highest BCUT2D eigenvalue weighted by Gasteiger charge is 2.25. The maximum atomic E-state index is 13.0. The van der Waals surface area contributed by atoms with Gasteiger partial charge in [0.2, 0.25) is 5.95 Å². The second kappa shape index (κ2) is 8.33. The number of carbonyl (C=O) groups is 1. The number of rotatable bonds is 8. The highest BCUT2D eigenvalue weighted by atomic mass is 16.2. The topological polar surface area (TPSA) is 54.3 Å². The molecule has 6 nitrogen and oxygen atoms in total. The summed E-state index contributed by atoms with van der Waals surface area (Å²) in [7, 11) is 1.90. The Labute approximate surface area is 167 Å². The first-order valence-electron chi connectivity index (χ1n) is 10.7. The molecule has 2 aromatic rings. The molecule has 0 spiro atoms. The molecule has 4 rings (SSSR count). The quantitative estimate of drug-likeness (QED) is 0.697. The molecule has 3 heterocycles. The molecule has 0 radical (unpaired) electrons. The summed E-state index contributed by atoms with van der Waals surface area (Å²) in [6.07, 6.45) is 13.0. The minimum Gasteiger partial charge on any atom is -0.343 e. The Kier molecular flexibility index (Phi) is 5.64. The number of nitrogens with zero attached hydrogens (tertiary/aromatic N) is 5. The highest BCUT2D eigenvalue weighted by Crippen LogP contribution is 2.33. The van der Waals surface area contributed by atoms with Crippen LogP contribution in [0.2, 0.25) is 0 Å². The van der Waals surface area contributed by atoms with E-state index in [-0.39, 0.29) is 5.91 Å². The number of hydrogen-bond donors (Lipinski definition) is 0. The molecule has 1 saturated carbocycles. The predicted molar refractivity (Wildman–Crippen MR) is 111 cm³/mol. The molecule has 1 aliphatic heterocycles. The Bertz CT molecular complexity index is 803. The summed E-state index contributed by atoms with van der Waals surface area (Å²) < 4.78 is 2.15. The summed E-state index contributed by atoms with van der Waals surface area (Å²) in [6.45, 7) is 5.96. The van der Waals surface area contributed by atoms with Crippen molar-refractivity contribution in [3.63, 3.8) is 0 Å². The number of hydrogen-bond acceptors (Lipinski definition) is 4. The fraction of sp³-hybridized carbons (Fsp3) is 0.591. The van der Waals surface area contributed by atoms with Crippen LogP contribution < -0.4 is 4.90 Å². The Morgan fingerprint density at radius 1 is 1.18 bits per heavy atom. The van der Waals surface area contributed by atoms with Crippen molar-refractivity contribution in [1.82, 2.24) is 19.4 Å². The smallest absolute Gasteiger partial charge is 0.270 e. The molecule has 150 valence electrons. The molecular weight excluding hydrogens is 350 g/mol. The lowest BCUT2D eigenvalue weighted by Crippen LogP contribution is -2.29. The number of unbranched alkanes of at least 4 members (excludes halogenated alkanes) is 1. The molecule has 0 bridgehead atoms. The minimum atomic E-state index is 0.106. The molecule has 2 aliphatic rings. The zero-order chi connectivity index (χ0) is 19.5. The summed E-state index contributed by atoms with van der Waals surface area (Å²) in [5.41, 5.74) is 2.78. The average Bonchev–Trinajstić information content (AvgIpc) is 3.20.